The molecular weight excluding hydrogens is 188 g/mol. The molecular formula is C11H18N4. The lowest BCUT2D eigenvalue weighted by molar-refractivity contribution is 0.589. The van der Waals surface area contributed by atoms with Crippen molar-refractivity contribution in [3.8, 4) is 0 Å². The van der Waals surface area contributed by atoms with E-state index in [1.165, 1.54) is 5.69 Å². The Morgan fingerprint density at radius 3 is 2.67 bits per heavy atom. The molecule has 1 aromatic rings. The molecule has 0 spiro atoms. The zero-order valence-corrected chi connectivity index (χ0v) is 8.87. The number of nitrogens with two attached hydrogens (primary N) is 2. The number of anilines is 2. The van der Waals surface area contributed by atoms with E-state index in [1.54, 1.807) is 0 Å². The van der Waals surface area contributed by atoms with E-state index in [-0.39, 0.29) is 0 Å². The number of rotatable bonds is 2. The smallest absolute Gasteiger partial charge is 0.0371 e. The zero-order chi connectivity index (χ0) is 10.7. The molecule has 0 bridgehead atoms. The molecule has 0 amide bonds. The summed E-state index contributed by atoms with van der Waals surface area (Å²) < 4.78 is 0. The first-order valence-electron chi connectivity index (χ1n) is 5.35. The van der Waals surface area contributed by atoms with Gasteiger partial charge >= 0.3 is 0 Å². The summed E-state index contributed by atoms with van der Waals surface area (Å²) in [6.45, 7) is 4.69. The fourth-order valence-corrected chi connectivity index (χ4v) is 1.89. The number of nitrogen functional groups attached to an aromatic ring is 1. The van der Waals surface area contributed by atoms with Crippen LogP contribution in [0.25, 0.3) is 0 Å². The standard InChI is InChI=1S/C11H18N4/c12-8-9-7-10(1-2-11(9)13)15-5-3-14-4-6-15/h1-2,7,14H,3-6,8,12-13H2. The van der Waals surface area contributed by atoms with Crippen molar-refractivity contribution in [1.29, 1.82) is 0 Å². The van der Waals surface area contributed by atoms with Crippen molar-refractivity contribution < 1.29 is 0 Å². The van der Waals surface area contributed by atoms with Gasteiger partial charge < -0.3 is 21.7 Å². The highest BCUT2D eigenvalue weighted by atomic mass is 15.2. The predicted octanol–water partition coefficient (Wildman–Crippen LogP) is 0.137. The molecule has 0 aliphatic carbocycles. The Hall–Kier alpha value is -1.26. The molecule has 5 N–H and O–H groups in total. The number of benzene rings is 1. The summed E-state index contributed by atoms with van der Waals surface area (Å²) in [4.78, 5) is 2.36. The van der Waals surface area contributed by atoms with E-state index in [0.29, 0.717) is 6.54 Å². The summed E-state index contributed by atoms with van der Waals surface area (Å²) in [6, 6.07) is 6.11. The van der Waals surface area contributed by atoms with Crippen LogP contribution >= 0.6 is 0 Å². The lowest BCUT2D eigenvalue weighted by atomic mass is 10.1. The second kappa shape index (κ2) is 4.51. The number of piperazine rings is 1. The lowest BCUT2D eigenvalue weighted by Crippen LogP contribution is -2.43. The second-order valence-corrected chi connectivity index (χ2v) is 3.82. The SMILES string of the molecule is NCc1cc(N2CCNCC2)ccc1N. The quantitative estimate of drug-likeness (QED) is 0.602. The average molecular weight is 206 g/mol. The highest BCUT2D eigenvalue weighted by molar-refractivity contribution is 5.58. The van der Waals surface area contributed by atoms with E-state index in [2.05, 4.69) is 22.3 Å². The second-order valence-electron chi connectivity index (χ2n) is 3.82. The van der Waals surface area contributed by atoms with E-state index in [1.807, 2.05) is 6.07 Å². The average Bonchev–Trinajstić information content (AvgIpc) is 2.31. The Morgan fingerprint density at radius 2 is 2.00 bits per heavy atom. The Labute approximate surface area is 90.2 Å². The van der Waals surface area contributed by atoms with Gasteiger partial charge in [0.15, 0.2) is 0 Å². The highest BCUT2D eigenvalue weighted by Gasteiger charge is 2.11. The van der Waals surface area contributed by atoms with Crippen molar-refractivity contribution in [3.63, 3.8) is 0 Å². The van der Waals surface area contributed by atoms with Crippen molar-refractivity contribution in [2.24, 2.45) is 5.73 Å². The summed E-state index contributed by atoms with van der Waals surface area (Å²) in [5.41, 5.74) is 14.5. The van der Waals surface area contributed by atoms with Crippen LogP contribution in [0.3, 0.4) is 0 Å². The monoisotopic (exact) mass is 206 g/mol. The first kappa shape index (κ1) is 10.3. The molecule has 0 unspecified atom stereocenters. The normalized spacial score (nSPS) is 16.7. The molecule has 1 aliphatic rings. The number of nitrogens with zero attached hydrogens (tertiary/aromatic N) is 1. The van der Waals surface area contributed by atoms with Gasteiger partial charge in [0.1, 0.15) is 0 Å². The van der Waals surface area contributed by atoms with Crippen LogP contribution in [0, 0.1) is 0 Å². The molecule has 0 aromatic heterocycles. The molecule has 4 nitrogen and oxygen atoms in total. The molecule has 0 radical (unpaired) electrons. The summed E-state index contributed by atoms with van der Waals surface area (Å²) in [7, 11) is 0. The molecule has 82 valence electrons. The third-order valence-corrected chi connectivity index (χ3v) is 2.83. The lowest BCUT2D eigenvalue weighted by Gasteiger charge is -2.29. The molecule has 1 aromatic carbocycles. The van der Waals surface area contributed by atoms with E-state index < -0.39 is 0 Å². The largest absolute Gasteiger partial charge is 0.398 e. The van der Waals surface area contributed by atoms with Crippen LogP contribution in [0.4, 0.5) is 11.4 Å². The predicted molar refractivity (Wildman–Crippen MR) is 63.8 cm³/mol. The zero-order valence-electron chi connectivity index (χ0n) is 8.87. The molecule has 0 saturated carbocycles. The van der Waals surface area contributed by atoms with Gasteiger partial charge in [0.2, 0.25) is 0 Å². The van der Waals surface area contributed by atoms with Crippen LogP contribution in [-0.4, -0.2) is 26.2 Å². The number of hydrogen-bond donors (Lipinski definition) is 3. The van der Waals surface area contributed by atoms with E-state index in [4.69, 9.17) is 11.5 Å². The van der Waals surface area contributed by atoms with Gasteiger partial charge in [0, 0.05) is 44.1 Å². The maximum atomic E-state index is 5.82. The molecule has 1 saturated heterocycles. The van der Waals surface area contributed by atoms with Crippen molar-refractivity contribution in [2.45, 2.75) is 6.54 Å². The fraction of sp³-hybridized carbons (Fsp3) is 0.455. The summed E-state index contributed by atoms with van der Waals surface area (Å²) in [6.07, 6.45) is 0. The molecule has 1 heterocycles. The van der Waals surface area contributed by atoms with Gasteiger partial charge in [0.25, 0.3) is 0 Å². The van der Waals surface area contributed by atoms with Gasteiger partial charge in [-0.25, -0.2) is 0 Å². The van der Waals surface area contributed by atoms with E-state index in [0.717, 1.165) is 37.4 Å². The minimum absolute atomic E-state index is 0.506. The molecule has 1 fully saturated rings. The van der Waals surface area contributed by atoms with Gasteiger partial charge in [-0.15, -0.1) is 0 Å². The van der Waals surface area contributed by atoms with Crippen LogP contribution < -0.4 is 21.7 Å². The molecule has 0 atom stereocenters. The first-order chi connectivity index (χ1) is 7.31. The summed E-state index contributed by atoms with van der Waals surface area (Å²) in [5, 5.41) is 3.33. The number of hydrogen-bond acceptors (Lipinski definition) is 4. The maximum Gasteiger partial charge on any atom is 0.0371 e. The molecule has 4 heteroatoms. The Bertz CT molecular complexity index is 331. The third-order valence-electron chi connectivity index (χ3n) is 2.83. The van der Waals surface area contributed by atoms with Crippen LogP contribution in [0.1, 0.15) is 5.56 Å². The first-order valence-corrected chi connectivity index (χ1v) is 5.35. The van der Waals surface area contributed by atoms with Gasteiger partial charge in [-0.3, -0.25) is 0 Å². The van der Waals surface area contributed by atoms with Crippen LogP contribution in [-0.2, 0) is 6.54 Å². The summed E-state index contributed by atoms with van der Waals surface area (Å²) >= 11 is 0. The van der Waals surface area contributed by atoms with E-state index >= 15 is 0 Å². The van der Waals surface area contributed by atoms with Crippen molar-refractivity contribution in [1.82, 2.24) is 5.32 Å². The molecule has 15 heavy (non-hydrogen) atoms. The molecule has 2 rings (SSSR count). The highest BCUT2D eigenvalue weighted by Crippen LogP contribution is 2.21. The fourth-order valence-electron chi connectivity index (χ4n) is 1.89. The minimum Gasteiger partial charge on any atom is -0.398 e. The van der Waals surface area contributed by atoms with E-state index in [9.17, 15) is 0 Å². The Kier molecular flexibility index (Phi) is 3.08. The minimum atomic E-state index is 0.506. The molecule has 1 aliphatic heterocycles. The maximum absolute atomic E-state index is 5.82. The summed E-state index contributed by atoms with van der Waals surface area (Å²) in [5.74, 6) is 0. The number of nitrogens with one attached hydrogen (secondary N) is 1. The van der Waals surface area contributed by atoms with Crippen LogP contribution in [0.5, 0.6) is 0 Å². The third kappa shape index (κ3) is 2.22. The van der Waals surface area contributed by atoms with Crippen molar-refractivity contribution >= 4 is 11.4 Å². The topological polar surface area (TPSA) is 67.3 Å². The van der Waals surface area contributed by atoms with Crippen molar-refractivity contribution in [2.75, 3.05) is 36.8 Å². The van der Waals surface area contributed by atoms with Gasteiger partial charge in [0.05, 0.1) is 0 Å². The van der Waals surface area contributed by atoms with Gasteiger partial charge in [-0.1, -0.05) is 0 Å². The Balaban J connectivity index is 2.20. The van der Waals surface area contributed by atoms with Crippen molar-refractivity contribution in [3.05, 3.63) is 23.8 Å². The van der Waals surface area contributed by atoms with Gasteiger partial charge in [-0.05, 0) is 23.8 Å². The van der Waals surface area contributed by atoms with Crippen LogP contribution in [0.2, 0.25) is 0 Å². The Morgan fingerprint density at radius 1 is 1.27 bits per heavy atom. The van der Waals surface area contributed by atoms with Crippen LogP contribution in [0.15, 0.2) is 18.2 Å². The van der Waals surface area contributed by atoms with Gasteiger partial charge in [-0.2, -0.15) is 0 Å².